The topological polar surface area (TPSA) is 62.2 Å². The molecule has 2 aliphatic rings. The van der Waals surface area contributed by atoms with Gasteiger partial charge in [0.05, 0.1) is 13.2 Å². The summed E-state index contributed by atoms with van der Waals surface area (Å²) in [6.45, 7) is 7.50. The molecule has 0 saturated carbocycles. The van der Waals surface area contributed by atoms with Crippen molar-refractivity contribution in [3.63, 3.8) is 0 Å². The minimum Gasteiger partial charge on any atom is -0.454 e. The second-order valence-electron chi connectivity index (χ2n) is 7.90. The van der Waals surface area contributed by atoms with Crippen LogP contribution in [0.3, 0.4) is 0 Å². The van der Waals surface area contributed by atoms with E-state index in [4.69, 9.17) is 9.47 Å². The number of rotatable bonds is 10. The third-order valence-electron chi connectivity index (χ3n) is 5.86. The first-order chi connectivity index (χ1) is 13.7. The van der Waals surface area contributed by atoms with Gasteiger partial charge in [-0.05, 0) is 42.9 Å². The molecule has 6 nitrogen and oxygen atoms in total. The molecule has 156 valence electrons. The molecule has 0 bridgehead atoms. The number of fused-ring (bicyclic) bond motifs is 1. The van der Waals surface area contributed by atoms with Gasteiger partial charge in [0.25, 0.3) is 0 Å². The first-order valence-corrected chi connectivity index (χ1v) is 10.7. The second kappa shape index (κ2) is 10.1. The molecule has 1 aromatic rings. The van der Waals surface area contributed by atoms with Crippen LogP contribution in [-0.2, 0) is 4.79 Å². The van der Waals surface area contributed by atoms with Crippen molar-refractivity contribution in [3.05, 3.63) is 23.8 Å². The lowest BCUT2D eigenvalue weighted by Gasteiger charge is -2.28. The van der Waals surface area contributed by atoms with Crippen LogP contribution in [0.1, 0.15) is 57.4 Å². The number of benzene rings is 1. The number of likely N-dealkylation sites (tertiary alicyclic amines) is 1. The molecule has 6 heteroatoms. The lowest BCUT2D eigenvalue weighted by atomic mass is 9.96. The lowest BCUT2D eigenvalue weighted by molar-refractivity contribution is -0.133. The number of unbranched alkanes of at least 4 members (excludes halogenated alkanes) is 2. The summed E-state index contributed by atoms with van der Waals surface area (Å²) in [6, 6.07) is 6.10. The molecule has 0 radical (unpaired) electrons. The Morgan fingerprint density at radius 3 is 2.57 bits per heavy atom. The summed E-state index contributed by atoms with van der Waals surface area (Å²) in [6.07, 6.45) is 5.11. The number of ether oxygens (including phenoxy) is 2. The molecule has 1 aromatic carbocycles. The van der Waals surface area contributed by atoms with Gasteiger partial charge < -0.3 is 19.5 Å². The van der Waals surface area contributed by atoms with Gasteiger partial charge in [0.1, 0.15) is 0 Å². The molecule has 1 amide bonds. The van der Waals surface area contributed by atoms with E-state index in [1.165, 1.54) is 5.56 Å². The van der Waals surface area contributed by atoms with Gasteiger partial charge in [-0.2, -0.15) is 0 Å². The Morgan fingerprint density at radius 2 is 1.89 bits per heavy atom. The smallest absolute Gasteiger partial charge is 0.236 e. The van der Waals surface area contributed by atoms with E-state index >= 15 is 0 Å². The number of carbonyl (C=O) groups excluding carboxylic acids is 1. The van der Waals surface area contributed by atoms with Gasteiger partial charge in [-0.1, -0.05) is 32.8 Å². The predicted molar refractivity (Wildman–Crippen MR) is 109 cm³/mol. The highest BCUT2D eigenvalue weighted by atomic mass is 16.7. The molecular formula is C22H34N2O4. The quantitative estimate of drug-likeness (QED) is 0.665. The molecular weight excluding hydrogens is 356 g/mol. The summed E-state index contributed by atoms with van der Waals surface area (Å²) in [4.78, 5) is 17.1. The third-order valence-corrected chi connectivity index (χ3v) is 5.86. The molecule has 0 aromatic heterocycles. The van der Waals surface area contributed by atoms with Crippen LogP contribution < -0.4 is 9.47 Å². The number of carbonyl (C=O) groups is 1. The average Bonchev–Trinajstić information content (AvgIpc) is 3.33. The molecule has 2 heterocycles. The highest BCUT2D eigenvalue weighted by molar-refractivity contribution is 5.78. The van der Waals surface area contributed by atoms with Gasteiger partial charge in [-0.3, -0.25) is 9.69 Å². The predicted octanol–water partition coefficient (Wildman–Crippen LogP) is 2.99. The van der Waals surface area contributed by atoms with Gasteiger partial charge in [-0.25, -0.2) is 0 Å². The molecule has 1 N–H and O–H groups in total. The highest BCUT2D eigenvalue weighted by Gasteiger charge is 2.34. The van der Waals surface area contributed by atoms with E-state index in [1.807, 2.05) is 17.0 Å². The fraction of sp³-hybridized carbons (Fsp3) is 0.682. The van der Waals surface area contributed by atoms with Crippen LogP contribution in [0.25, 0.3) is 0 Å². The normalized spacial score (nSPS) is 21.2. The Kier molecular flexibility index (Phi) is 7.57. The minimum absolute atomic E-state index is 0.0265. The molecule has 0 unspecified atom stereocenters. The lowest BCUT2D eigenvalue weighted by Crippen LogP contribution is -2.44. The molecule has 1 fully saturated rings. The van der Waals surface area contributed by atoms with E-state index in [2.05, 4.69) is 24.8 Å². The van der Waals surface area contributed by atoms with Crippen LogP contribution >= 0.6 is 0 Å². The largest absolute Gasteiger partial charge is 0.454 e. The van der Waals surface area contributed by atoms with Crippen molar-refractivity contribution >= 4 is 5.91 Å². The Morgan fingerprint density at radius 1 is 1.18 bits per heavy atom. The van der Waals surface area contributed by atoms with E-state index in [0.29, 0.717) is 12.5 Å². The SMILES string of the molecule is CCCCN(CCCC)C(=O)CN1C[C@@H](c2ccc3c(c2)OCO3)C[C@@H]1CO. The van der Waals surface area contributed by atoms with Crippen molar-refractivity contribution in [1.29, 1.82) is 0 Å². The van der Waals surface area contributed by atoms with E-state index in [-0.39, 0.29) is 25.3 Å². The fourth-order valence-corrected chi connectivity index (χ4v) is 4.11. The van der Waals surface area contributed by atoms with Crippen molar-refractivity contribution in [2.45, 2.75) is 57.9 Å². The van der Waals surface area contributed by atoms with Gasteiger partial charge in [0, 0.05) is 25.7 Å². The Labute approximate surface area is 168 Å². The Bertz CT molecular complexity index is 643. The maximum atomic E-state index is 12.9. The summed E-state index contributed by atoms with van der Waals surface area (Å²) >= 11 is 0. The third kappa shape index (κ3) is 4.97. The van der Waals surface area contributed by atoms with E-state index in [1.54, 1.807) is 0 Å². The summed E-state index contributed by atoms with van der Waals surface area (Å²) in [7, 11) is 0. The molecule has 28 heavy (non-hydrogen) atoms. The zero-order chi connectivity index (χ0) is 19.9. The Hall–Kier alpha value is -1.79. The van der Waals surface area contributed by atoms with Crippen molar-refractivity contribution in [1.82, 2.24) is 9.80 Å². The molecule has 0 spiro atoms. The minimum atomic E-state index is 0.0265. The number of hydrogen-bond donors (Lipinski definition) is 1. The maximum Gasteiger partial charge on any atom is 0.236 e. The second-order valence-corrected chi connectivity index (χ2v) is 7.90. The highest BCUT2D eigenvalue weighted by Crippen LogP contribution is 2.38. The first kappa shape index (κ1) is 20.9. The van der Waals surface area contributed by atoms with Crippen LogP contribution in [0, 0.1) is 0 Å². The number of aliphatic hydroxyl groups is 1. The van der Waals surface area contributed by atoms with E-state index in [9.17, 15) is 9.90 Å². The zero-order valence-corrected chi connectivity index (χ0v) is 17.2. The van der Waals surface area contributed by atoms with Crippen LogP contribution in [0.2, 0.25) is 0 Å². The van der Waals surface area contributed by atoms with Crippen LogP contribution in [-0.4, -0.2) is 66.4 Å². The van der Waals surface area contributed by atoms with E-state index in [0.717, 1.165) is 63.2 Å². The molecule has 3 rings (SSSR count). The molecule has 2 aliphatic heterocycles. The van der Waals surface area contributed by atoms with Crippen molar-refractivity contribution in [3.8, 4) is 11.5 Å². The van der Waals surface area contributed by atoms with Crippen molar-refractivity contribution in [2.24, 2.45) is 0 Å². The fourth-order valence-electron chi connectivity index (χ4n) is 4.11. The molecule has 2 atom stereocenters. The number of nitrogens with zero attached hydrogens (tertiary/aromatic N) is 2. The standard InChI is InChI=1S/C22H34N2O4/c1-3-5-9-23(10-6-4-2)22(26)14-24-13-18(11-19(24)15-25)17-7-8-20-21(12-17)28-16-27-20/h7-8,12,18-19,25H,3-6,9-11,13-16H2,1-2H3/t18-,19+/m0/s1. The average molecular weight is 391 g/mol. The zero-order valence-electron chi connectivity index (χ0n) is 17.2. The number of amides is 1. The summed E-state index contributed by atoms with van der Waals surface area (Å²) < 4.78 is 10.9. The van der Waals surface area contributed by atoms with Crippen LogP contribution in [0.5, 0.6) is 11.5 Å². The van der Waals surface area contributed by atoms with Gasteiger partial charge in [0.15, 0.2) is 11.5 Å². The van der Waals surface area contributed by atoms with Crippen LogP contribution in [0.4, 0.5) is 0 Å². The summed E-state index contributed by atoms with van der Waals surface area (Å²) in [5, 5.41) is 9.88. The van der Waals surface area contributed by atoms with Gasteiger partial charge >= 0.3 is 0 Å². The van der Waals surface area contributed by atoms with Crippen molar-refractivity contribution in [2.75, 3.05) is 39.6 Å². The summed E-state index contributed by atoms with van der Waals surface area (Å²) in [5.74, 6) is 2.05. The van der Waals surface area contributed by atoms with Gasteiger partial charge in [-0.15, -0.1) is 0 Å². The monoisotopic (exact) mass is 390 g/mol. The van der Waals surface area contributed by atoms with Crippen LogP contribution in [0.15, 0.2) is 18.2 Å². The maximum absolute atomic E-state index is 12.9. The first-order valence-electron chi connectivity index (χ1n) is 10.7. The Balaban J connectivity index is 1.63. The van der Waals surface area contributed by atoms with Crippen molar-refractivity contribution < 1.29 is 19.4 Å². The van der Waals surface area contributed by atoms with Gasteiger partial charge in [0.2, 0.25) is 12.7 Å². The van der Waals surface area contributed by atoms with E-state index < -0.39 is 0 Å². The molecule has 1 saturated heterocycles. The number of aliphatic hydroxyl groups excluding tert-OH is 1. The summed E-state index contributed by atoms with van der Waals surface area (Å²) in [5.41, 5.74) is 1.19. The molecule has 0 aliphatic carbocycles. The number of hydrogen-bond acceptors (Lipinski definition) is 5.